The predicted octanol–water partition coefficient (Wildman–Crippen LogP) is 8.11. The first-order chi connectivity index (χ1) is 19.8. The number of benzene rings is 2. The van der Waals surface area contributed by atoms with E-state index in [0.29, 0.717) is 0 Å². The molecule has 0 aliphatic carbocycles. The molecule has 0 bridgehead atoms. The molecule has 6 rings (SSSR count). The number of pyridine rings is 2. The topological polar surface area (TPSA) is 115 Å². The Kier molecular flexibility index (Phi) is 7.87. The minimum absolute atomic E-state index is 0.0220. The Morgan fingerprint density at radius 1 is 0.643 bits per heavy atom. The lowest BCUT2D eigenvalue weighted by Gasteiger charge is -2.19. The van der Waals surface area contributed by atoms with Crippen LogP contribution in [0.2, 0.25) is 0 Å². The van der Waals surface area contributed by atoms with Gasteiger partial charge in [0.2, 0.25) is 0 Å². The van der Waals surface area contributed by atoms with Crippen LogP contribution in [0.5, 0.6) is 0 Å². The number of nitrogens with zero attached hydrogens (tertiary/aromatic N) is 6. The number of fused-ring (bicyclic) bond motifs is 2. The van der Waals surface area contributed by atoms with Crippen molar-refractivity contribution in [3.63, 3.8) is 0 Å². The highest BCUT2D eigenvalue weighted by molar-refractivity contribution is 7.00. The third-order valence-electron chi connectivity index (χ3n) is 6.94. The number of carbonyl (C=O) groups is 1. The highest BCUT2D eigenvalue weighted by Crippen LogP contribution is 2.36. The highest BCUT2D eigenvalue weighted by Gasteiger charge is 2.22. The summed E-state index contributed by atoms with van der Waals surface area (Å²) in [6, 6.07) is 15.8. The van der Waals surface area contributed by atoms with Crippen molar-refractivity contribution in [3.05, 3.63) is 83.4 Å². The Labute approximate surface area is 253 Å². The zero-order valence-corrected chi connectivity index (χ0v) is 26.3. The van der Waals surface area contributed by atoms with Crippen molar-refractivity contribution in [2.75, 3.05) is 0 Å². The van der Waals surface area contributed by atoms with Gasteiger partial charge in [-0.25, -0.2) is 9.78 Å². The summed E-state index contributed by atoms with van der Waals surface area (Å²) < 4.78 is 17.9. The number of hydrogen-bond donors (Lipinski definition) is 1. The molecular weight excluding hydrogens is 565 g/mol. The van der Waals surface area contributed by atoms with Crippen LogP contribution in [-0.2, 0) is 10.8 Å². The van der Waals surface area contributed by atoms with Crippen LogP contribution in [-0.4, -0.2) is 38.5 Å². The molecule has 4 heterocycles. The second-order valence-electron chi connectivity index (χ2n) is 12.2. The van der Waals surface area contributed by atoms with Crippen LogP contribution in [0, 0.1) is 6.92 Å². The van der Waals surface area contributed by atoms with E-state index < -0.39 is 5.97 Å². The first-order valence-electron chi connectivity index (χ1n) is 13.5. The molecule has 0 spiro atoms. The minimum atomic E-state index is -1.04. The van der Waals surface area contributed by atoms with Gasteiger partial charge in [0.05, 0.1) is 23.5 Å². The zero-order valence-electron chi connectivity index (χ0n) is 24.6. The highest BCUT2D eigenvalue weighted by atomic mass is 32.1. The SMILES string of the molecule is CC(C)(C)c1ccc(-c2ccnc(C(=O)O)c2)c2nsnc12.Cc1cc(-c2ccc(C(C)(C)C)c3nsnc23)ccn1. The lowest BCUT2D eigenvalue weighted by molar-refractivity contribution is 0.0690. The lowest BCUT2D eigenvalue weighted by Crippen LogP contribution is -2.11. The Bertz CT molecular complexity index is 1910. The molecule has 8 nitrogen and oxygen atoms in total. The smallest absolute Gasteiger partial charge is 0.354 e. The summed E-state index contributed by atoms with van der Waals surface area (Å²) in [4.78, 5) is 19.2. The average Bonchev–Trinajstić information content (AvgIpc) is 3.62. The van der Waals surface area contributed by atoms with Gasteiger partial charge in [-0.2, -0.15) is 17.5 Å². The molecule has 1 N–H and O–H groups in total. The van der Waals surface area contributed by atoms with E-state index >= 15 is 0 Å². The number of aromatic carboxylic acids is 1. The zero-order chi connectivity index (χ0) is 30.2. The number of aromatic nitrogens is 6. The van der Waals surface area contributed by atoms with Crippen LogP contribution < -0.4 is 0 Å². The quantitative estimate of drug-likeness (QED) is 0.218. The molecule has 2 aromatic carbocycles. The Hall–Kier alpha value is -4.15. The molecule has 0 saturated carbocycles. The van der Waals surface area contributed by atoms with Crippen LogP contribution in [0.1, 0.15) is 68.9 Å². The fourth-order valence-electron chi connectivity index (χ4n) is 4.84. The van der Waals surface area contributed by atoms with Crippen molar-refractivity contribution in [3.8, 4) is 22.3 Å². The summed E-state index contributed by atoms with van der Waals surface area (Å²) in [6.07, 6.45) is 3.34. The van der Waals surface area contributed by atoms with Crippen molar-refractivity contribution in [1.82, 2.24) is 27.5 Å². The number of hydrogen-bond acceptors (Lipinski definition) is 9. The van der Waals surface area contributed by atoms with E-state index in [1.807, 2.05) is 31.3 Å². The molecule has 42 heavy (non-hydrogen) atoms. The number of carboxylic acids is 1. The third-order valence-corrected chi connectivity index (χ3v) is 8.00. The predicted molar refractivity (Wildman–Crippen MR) is 170 cm³/mol. The van der Waals surface area contributed by atoms with Gasteiger partial charge in [0.1, 0.15) is 27.8 Å². The molecule has 6 aromatic rings. The van der Waals surface area contributed by atoms with Crippen LogP contribution in [0.3, 0.4) is 0 Å². The van der Waals surface area contributed by atoms with Gasteiger partial charge in [-0.1, -0.05) is 65.8 Å². The maximum absolute atomic E-state index is 11.1. The van der Waals surface area contributed by atoms with Crippen LogP contribution in [0.4, 0.5) is 0 Å². The molecular formula is C32H32N6O2S2. The summed E-state index contributed by atoms with van der Waals surface area (Å²) in [5.74, 6) is -1.04. The number of aryl methyl sites for hydroxylation is 1. The van der Waals surface area contributed by atoms with E-state index in [-0.39, 0.29) is 16.5 Å². The van der Waals surface area contributed by atoms with Crippen molar-refractivity contribution in [2.45, 2.75) is 59.3 Å². The summed E-state index contributed by atoms with van der Waals surface area (Å²) in [6.45, 7) is 15.0. The molecule has 10 heteroatoms. The molecule has 0 unspecified atom stereocenters. The maximum Gasteiger partial charge on any atom is 0.354 e. The summed E-state index contributed by atoms with van der Waals surface area (Å²) >= 11 is 2.45. The molecule has 214 valence electrons. The number of rotatable bonds is 3. The first kappa shape index (κ1) is 29.3. The Morgan fingerprint density at radius 2 is 1.10 bits per heavy atom. The normalized spacial score (nSPS) is 11.9. The molecule has 0 radical (unpaired) electrons. The van der Waals surface area contributed by atoms with E-state index in [9.17, 15) is 4.79 Å². The van der Waals surface area contributed by atoms with Crippen molar-refractivity contribution in [2.24, 2.45) is 0 Å². The Morgan fingerprint density at radius 3 is 1.55 bits per heavy atom. The van der Waals surface area contributed by atoms with E-state index in [0.717, 1.165) is 55.6 Å². The minimum Gasteiger partial charge on any atom is -0.477 e. The fourth-order valence-corrected chi connectivity index (χ4v) is 5.99. The van der Waals surface area contributed by atoms with Crippen molar-refractivity contribution < 1.29 is 9.90 Å². The van der Waals surface area contributed by atoms with Gasteiger partial charge in [-0.3, -0.25) is 4.98 Å². The monoisotopic (exact) mass is 596 g/mol. The first-order valence-corrected chi connectivity index (χ1v) is 14.9. The van der Waals surface area contributed by atoms with Gasteiger partial charge in [0, 0.05) is 29.2 Å². The van der Waals surface area contributed by atoms with Crippen LogP contribution >= 0.6 is 23.5 Å². The summed E-state index contributed by atoms with van der Waals surface area (Å²) in [7, 11) is 0. The molecule has 0 aliphatic heterocycles. The van der Waals surface area contributed by atoms with Gasteiger partial charge < -0.3 is 5.11 Å². The van der Waals surface area contributed by atoms with Gasteiger partial charge in [-0.15, -0.1) is 0 Å². The second kappa shape index (κ2) is 11.3. The third kappa shape index (κ3) is 5.91. The number of carboxylic acid groups (broad SMARTS) is 1. The lowest BCUT2D eigenvalue weighted by atomic mass is 9.85. The summed E-state index contributed by atoms with van der Waals surface area (Å²) in [5.41, 5.74) is 11.1. The second-order valence-corrected chi connectivity index (χ2v) is 13.2. The fraction of sp³-hybridized carbons (Fsp3) is 0.281. The van der Waals surface area contributed by atoms with Crippen molar-refractivity contribution in [1.29, 1.82) is 0 Å². The molecule has 0 aliphatic rings. The van der Waals surface area contributed by atoms with E-state index in [2.05, 4.69) is 87.2 Å². The Balaban J connectivity index is 0.000000169. The molecule has 4 aromatic heterocycles. The van der Waals surface area contributed by atoms with E-state index in [1.165, 1.54) is 35.2 Å². The standard InChI is InChI=1S/C16H15N3O2S.C16H17N3S/c1-16(2,3)11-5-4-10(13-14(11)19-22-18-13)9-6-7-17-12(8-9)15(20)21;1-10-9-11(7-8-17-10)12-5-6-13(16(2,3)4)15-14(12)18-20-19-15/h4-8H,1-3H3,(H,20,21);5-9H,1-4H3. The molecule has 0 fully saturated rings. The van der Waals surface area contributed by atoms with Crippen LogP contribution in [0.15, 0.2) is 60.9 Å². The van der Waals surface area contributed by atoms with Gasteiger partial charge in [-0.05, 0) is 64.3 Å². The van der Waals surface area contributed by atoms with Gasteiger partial charge in [0.15, 0.2) is 0 Å². The molecule has 0 atom stereocenters. The van der Waals surface area contributed by atoms with Crippen molar-refractivity contribution >= 4 is 51.5 Å². The van der Waals surface area contributed by atoms with Crippen LogP contribution in [0.25, 0.3) is 44.3 Å². The van der Waals surface area contributed by atoms with Gasteiger partial charge >= 0.3 is 5.97 Å². The largest absolute Gasteiger partial charge is 0.477 e. The molecule has 0 amide bonds. The van der Waals surface area contributed by atoms with E-state index in [4.69, 9.17) is 5.11 Å². The maximum atomic E-state index is 11.1. The van der Waals surface area contributed by atoms with Gasteiger partial charge in [0.25, 0.3) is 0 Å². The summed E-state index contributed by atoms with van der Waals surface area (Å²) in [5, 5.41) is 9.09. The average molecular weight is 597 g/mol. The molecule has 0 saturated heterocycles. The van der Waals surface area contributed by atoms with E-state index in [1.54, 1.807) is 12.1 Å².